The van der Waals surface area contributed by atoms with Gasteiger partial charge in [0.05, 0.1) is 10.2 Å². The van der Waals surface area contributed by atoms with Gasteiger partial charge >= 0.3 is 0 Å². The molecule has 2 N–H and O–H groups in total. The van der Waals surface area contributed by atoms with Gasteiger partial charge in [-0.1, -0.05) is 12.1 Å². The smallest absolute Gasteiger partial charge is 0.284 e. The molecule has 5 nitrogen and oxygen atoms in total. The lowest BCUT2D eigenvalue weighted by molar-refractivity contribution is -0.114. The van der Waals surface area contributed by atoms with Gasteiger partial charge in [-0.05, 0) is 36.4 Å². The predicted octanol–water partition coefficient (Wildman–Crippen LogP) is 3.51. The van der Waals surface area contributed by atoms with Gasteiger partial charge in [-0.15, -0.1) is 11.3 Å². The van der Waals surface area contributed by atoms with Gasteiger partial charge in [0.15, 0.2) is 5.01 Å². The molecule has 0 spiro atoms. The molecule has 0 aliphatic heterocycles. The lowest BCUT2D eigenvalue weighted by Gasteiger charge is -2.05. The van der Waals surface area contributed by atoms with Crippen LogP contribution in [0.3, 0.4) is 0 Å². The number of hydrogen-bond donors (Lipinski definition) is 2. The van der Waals surface area contributed by atoms with Crippen molar-refractivity contribution in [1.82, 2.24) is 4.98 Å². The van der Waals surface area contributed by atoms with Crippen LogP contribution in [0.1, 0.15) is 16.7 Å². The van der Waals surface area contributed by atoms with Crippen molar-refractivity contribution < 1.29 is 9.59 Å². The Morgan fingerprint density at radius 3 is 2.23 bits per heavy atom. The first-order valence-corrected chi connectivity index (χ1v) is 7.48. The monoisotopic (exact) mass is 311 g/mol. The van der Waals surface area contributed by atoms with Gasteiger partial charge in [-0.2, -0.15) is 0 Å². The van der Waals surface area contributed by atoms with Crippen molar-refractivity contribution in [2.75, 3.05) is 10.6 Å². The summed E-state index contributed by atoms with van der Waals surface area (Å²) in [5.74, 6) is -0.375. The Morgan fingerprint density at radius 2 is 1.59 bits per heavy atom. The maximum atomic E-state index is 12.2. The third-order valence-electron chi connectivity index (χ3n) is 2.95. The van der Waals surface area contributed by atoms with Crippen LogP contribution in [0, 0.1) is 0 Å². The number of carbonyl (C=O) groups is 2. The fraction of sp³-hybridized carbons (Fsp3) is 0.0625. The molecule has 3 aromatic rings. The largest absolute Gasteiger partial charge is 0.326 e. The summed E-state index contributed by atoms with van der Waals surface area (Å²) in [5, 5.41) is 5.89. The van der Waals surface area contributed by atoms with Gasteiger partial charge in [-0.25, -0.2) is 4.98 Å². The maximum Gasteiger partial charge on any atom is 0.284 e. The van der Waals surface area contributed by atoms with E-state index in [1.165, 1.54) is 18.3 Å². The highest BCUT2D eigenvalue weighted by atomic mass is 32.1. The molecule has 0 saturated carbocycles. The number of amides is 2. The Bertz CT molecular complexity index is 807. The Morgan fingerprint density at radius 1 is 0.955 bits per heavy atom. The Hall–Kier alpha value is -2.73. The average Bonchev–Trinajstić information content (AvgIpc) is 2.93. The number of benzene rings is 2. The van der Waals surface area contributed by atoms with Crippen LogP contribution in [0.2, 0.25) is 0 Å². The van der Waals surface area contributed by atoms with E-state index in [0.29, 0.717) is 16.4 Å². The highest BCUT2D eigenvalue weighted by molar-refractivity contribution is 7.20. The van der Waals surface area contributed by atoms with E-state index in [2.05, 4.69) is 15.6 Å². The van der Waals surface area contributed by atoms with Gasteiger partial charge in [0.25, 0.3) is 5.91 Å². The summed E-state index contributed by atoms with van der Waals surface area (Å²) in [7, 11) is 0. The molecule has 6 heteroatoms. The standard InChI is InChI=1S/C16H13N3O2S/c1-10(20)17-11-6-8-12(9-7-11)18-15(21)16-19-13-4-2-3-5-14(13)22-16/h2-9H,1H3,(H,17,20)(H,18,21). The summed E-state index contributed by atoms with van der Waals surface area (Å²) in [6.07, 6.45) is 0. The number of fused-ring (bicyclic) bond motifs is 1. The molecule has 110 valence electrons. The average molecular weight is 311 g/mol. The molecule has 22 heavy (non-hydrogen) atoms. The number of nitrogens with zero attached hydrogens (tertiary/aromatic N) is 1. The first-order chi connectivity index (χ1) is 10.6. The topological polar surface area (TPSA) is 71.1 Å². The summed E-state index contributed by atoms with van der Waals surface area (Å²) in [6.45, 7) is 1.45. The molecule has 0 bridgehead atoms. The molecule has 3 rings (SSSR count). The number of anilines is 2. The van der Waals surface area contributed by atoms with Crippen molar-refractivity contribution in [3.8, 4) is 0 Å². The van der Waals surface area contributed by atoms with E-state index in [1.807, 2.05) is 24.3 Å². The molecule has 0 aliphatic carbocycles. The minimum atomic E-state index is -0.242. The van der Waals surface area contributed by atoms with E-state index < -0.39 is 0 Å². The van der Waals surface area contributed by atoms with Crippen molar-refractivity contribution >= 4 is 44.7 Å². The summed E-state index contributed by atoms with van der Waals surface area (Å²) < 4.78 is 0.980. The fourth-order valence-corrected chi connectivity index (χ4v) is 2.85. The lowest BCUT2D eigenvalue weighted by Crippen LogP contribution is -2.11. The maximum absolute atomic E-state index is 12.2. The quantitative estimate of drug-likeness (QED) is 0.777. The zero-order valence-electron chi connectivity index (χ0n) is 11.8. The zero-order chi connectivity index (χ0) is 15.5. The third kappa shape index (κ3) is 3.12. The van der Waals surface area contributed by atoms with Crippen LogP contribution in [-0.4, -0.2) is 16.8 Å². The van der Waals surface area contributed by atoms with Gasteiger partial charge in [0.1, 0.15) is 0 Å². The molecule has 2 amide bonds. The third-order valence-corrected chi connectivity index (χ3v) is 3.99. The molecule has 2 aromatic carbocycles. The van der Waals surface area contributed by atoms with Crippen LogP contribution in [0.25, 0.3) is 10.2 Å². The minimum Gasteiger partial charge on any atom is -0.326 e. The van der Waals surface area contributed by atoms with E-state index >= 15 is 0 Å². The number of hydrogen-bond acceptors (Lipinski definition) is 4. The molecule has 0 radical (unpaired) electrons. The predicted molar refractivity (Wildman–Crippen MR) is 88.3 cm³/mol. The van der Waals surface area contributed by atoms with Crippen LogP contribution in [0.4, 0.5) is 11.4 Å². The molecule has 0 fully saturated rings. The Balaban J connectivity index is 1.74. The van der Waals surface area contributed by atoms with Crippen molar-refractivity contribution in [1.29, 1.82) is 0 Å². The summed E-state index contributed by atoms with van der Waals surface area (Å²) in [6, 6.07) is 14.6. The van der Waals surface area contributed by atoms with E-state index in [4.69, 9.17) is 0 Å². The van der Waals surface area contributed by atoms with E-state index in [1.54, 1.807) is 24.3 Å². The molecule has 0 saturated heterocycles. The van der Waals surface area contributed by atoms with Crippen LogP contribution < -0.4 is 10.6 Å². The molecule has 0 atom stereocenters. The Kier molecular flexibility index (Phi) is 3.84. The SMILES string of the molecule is CC(=O)Nc1ccc(NC(=O)c2nc3ccccc3s2)cc1. The number of para-hydroxylation sites is 1. The summed E-state index contributed by atoms with van der Waals surface area (Å²) in [4.78, 5) is 27.5. The van der Waals surface area contributed by atoms with Crippen LogP contribution in [0.5, 0.6) is 0 Å². The number of thiazole rings is 1. The normalized spacial score (nSPS) is 10.4. The van der Waals surface area contributed by atoms with Crippen molar-refractivity contribution in [3.05, 3.63) is 53.5 Å². The number of nitrogens with one attached hydrogen (secondary N) is 2. The summed E-state index contributed by atoms with van der Waals surface area (Å²) >= 11 is 1.36. The zero-order valence-corrected chi connectivity index (χ0v) is 12.6. The van der Waals surface area contributed by atoms with E-state index in [-0.39, 0.29) is 11.8 Å². The second kappa shape index (κ2) is 5.95. The molecule has 0 aliphatic rings. The highest BCUT2D eigenvalue weighted by Gasteiger charge is 2.12. The molecule has 0 unspecified atom stereocenters. The van der Waals surface area contributed by atoms with Crippen molar-refractivity contribution in [2.45, 2.75) is 6.92 Å². The van der Waals surface area contributed by atoms with Gasteiger partial charge < -0.3 is 10.6 Å². The summed E-state index contributed by atoms with van der Waals surface area (Å²) in [5.41, 5.74) is 2.16. The second-order valence-corrected chi connectivity index (χ2v) is 5.73. The minimum absolute atomic E-state index is 0.133. The lowest BCUT2D eigenvalue weighted by atomic mass is 10.2. The highest BCUT2D eigenvalue weighted by Crippen LogP contribution is 2.22. The van der Waals surface area contributed by atoms with Crippen LogP contribution in [0.15, 0.2) is 48.5 Å². The van der Waals surface area contributed by atoms with Crippen LogP contribution in [-0.2, 0) is 4.79 Å². The van der Waals surface area contributed by atoms with E-state index in [0.717, 1.165) is 10.2 Å². The van der Waals surface area contributed by atoms with Crippen molar-refractivity contribution in [2.24, 2.45) is 0 Å². The number of carbonyl (C=O) groups excluding carboxylic acids is 2. The van der Waals surface area contributed by atoms with Gasteiger partial charge in [-0.3, -0.25) is 9.59 Å². The molecular formula is C16H13N3O2S. The van der Waals surface area contributed by atoms with Gasteiger partial charge in [0.2, 0.25) is 5.91 Å². The molecule has 1 aromatic heterocycles. The fourth-order valence-electron chi connectivity index (χ4n) is 1.99. The second-order valence-electron chi connectivity index (χ2n) is 4.70. The molecular weight excluding hydrogens is 298 g/mol. The van der Waals surface area contributed by atoms with Crippen LogP contribution >= 0.6 is 11.3 Å². The number of rotatable bonds is 3. The van der Waals surface area contributed by atoms with Gasteiger partial charge in [0, 0.05) is 18.3 Å². The first kappa shape index (κ1) is 14.2. The van der Waals surface area contributed by atoms with Crippen molar-refractivity contribution in [3.63, 3.8) is 0 Å². The number of aromatic nitrogens is 1. The molecule has 1 heterocycles. The first-order valence-electron chi connectivity index (χ1n) is 6.66. The Labute approximate surface area is 131 Å². The van der Waals surface area contributed by atoms with E-state index in [9.17, 15) is 9.59 Å².